The van der Waals surface area contributed by atoms with Crippen molar-refractivity contribution in [2.24, 2.45) is 0 Å². The molecule has 0 aromatic carbocycles. The lowest BCUT2D eigenvalue weighted by molar-refractivity contribution is 1.19. The molecule has 0 aliphatic carbocycles. The molecular weight excluding hydrogens is 132 g/mol. The van der Waals surface area contributed by atoms with Crippen LogP contribution in [-0.4, -0.2) is 0 Å². The van der Waals surface area contributed by atoms with E-state index < -0.39 is 0 Å². The molecule has 0 aliphatic heterocycles. The van der Waals surface area contributed by atoms with Gasteiger partial charge in [-0.3, -0.25) is 0 Å². The van der Waals surface area contributed by atoms with Gasteiger partial charge < -0.3 is 0 Å². The van der Waals surface area contributed by atoms with Gasteiger partial charge in [0.2, 0.25) is 0 Å². The van der Waals surface area contributed by atoms with Crippen LogP contribution in [0.5, 0.6) is 0 Å². The van der Waals surface area contributed by atoms with E-state index in [1.165, 1.54) is 11.1 Å². The van der Waals surface area contributed by atoms with Crippen LogP contribution in [0.15, 0.2) is 35.5 Å². The molecule has 0 aliphatic rings. The SMILES string of the molecule is CC=C(C)C=CCC(C)=CC. The van der Waals surface area contributed by atoms with E-state index in [4.69, 9.17) is 0 Å². The molecule has 0 aromatic rings. The molecule has 0 saturated heterocycles. The summed E-state index contributed by atoms with van der Waals surface area (Å²) in [7, 11) is 0. The molecule has 0 unspecified atom stereocenters. The Balaban J connectivity index is 3.79. The van der Waals surface area contributed by atoms with Crippen LogP contribution in [0.1, 0.15) is 34.1 Å². The van der Waals surface area contributed by atoms with Crippen LogP contribution in [0, 0.1) is 0 Å². The molecule has 0 saturated carbocycles. The lowest BCUT2D eigenvalue weighted by Gasteiger charge is -1.92. The lowest BCUT2D eigenvalue weighted by atomic mass is 10.2. The minimum absolute atomic E-state index is 1.07. The van der Waals surface area contributed by atoms with E-state index in [1.54, 1.807) is 0 Å². The van der Waals surface area contributed by atoms with Crippen molar-refractivity contribution in [2.45, 2.75) is 34.1 Å². The monoisotopic (exact) mass is 150 g/mol. The van der Waals surface area contributed by atoms with Gasteiger partial charge in [-0.2, -0.15) is 0 Å². The fourth-order valence-corrected chi connectivity index (χ4v) is 0.645. The van der Waals surface area contributed by atoms with Crippen LogP contribution < -0.4 is 0 Å². The second kappa shape index (κ2) is 5.96. The van der Waals surface area contributed by atoms with E-state index in [-0.39, 0.29) is 0 Å². The van der Waals surface area contributed by atoms with Gasteiger partial charge in [0.1, 0.15) is 0 Å². The van der Waals surface area contributed by atoms with Gasteiger partial charge in [0, 0.05) is 0 Å². The third kappa shape index (κ3) is 5.65. The molecule has 11 heavy (non-hydrogen) atoms. The first kappa shape index (κ1) is 10.2. The smallest absolute Gasteiger partial charge is 0.0138 e. The summed E-state index contributed by atoms with van der Waals surface area (Å²) in [6.45, 7) is 8.39. The molecule has 0 amide bonds. The van der Waals surface area contributed by atoms with Crippen molar-refractivity contribution in [1.82, 2.24) is 0 Å². The maximum atomic E-state index is 2.20. The molecule has 62 valence electrons. The van der Waals surface area contributed by atoms with Crippen molar-refractivity contribution in [1.29, 1.82) is 0 Å². The van der Waals surface area contributed by atoms with Crippen LogP contribution >= 0.6 is 0 Å². The van der Waals surface area contributed by atoms with Crippen LogP contribution in [0.2, 0.25) is 0 Å². The normalized spacial score (nSPS) is 14.5. The molecule has 0 N–H and O–H groups in total. The minimum atomic E-state index is 1.07. The first-order valence-corrected chi connectivity index (χ1v) is 4.12. The number of hydrogen-bond acceptors (Lipinski definition) is 0. The molecule has 0 aromatic heterocycles. The summed E-state index contributed by atoms with van der Waals surface area (Å²) in [5.41, 5.74) is 2.75. The number of rotatable bonds is 3. The Bertz CT molecular complexity index is 180. The average molecular weight is 150 g/mol. The van der Waals surface area contributed by atoms with Gasteiger partial charge in [-0.05, 0) is 34.1 Å². The molecule has 0 rings (SSSR count). The summed E-state index contributed by atoms with van der Waals surface area (Å²) < 4.78 is 0. The second-order valence-corrected chi connectivity index (χ2v) is 2.77. The van der Waals surface area contributed by atoms with E-state index >= 15 is 0 Å². The molecule has 0 spiro atoms. The fourth-order valence-electron chi connectivity index (χ4n) is 0.645. The van der Waals surface area contributed by atoms with Gasteiger partial charge in [0.05, 0.1) is 0 Å². The Kier molecular flexibility index (Phi) is 5.54. The Labute approximate surface area is 70.3 Å². The second-order valence-electron chi connectivity index (χ2n) is 2.77. The quantitative estimate of drug-likeness (QED) is 0.423. The highest BCUT2D eigenvalue weighted by Crippen LogP contribution is 2.02. The molecule has 0 nitrogen and oxygen atoms in total. The van der Waals surface area contributed by atoms with Gasteiger partial charge in [-0.25, -0.2) is 0 Å². The highest BCUT2D eigenvalue weighted by molar-refractivity contribution is 5.16. The summed E-state index contributed by atoms with van der Waals surface area (Å²) in [4.78, 5) is 0. The van der Waals surface area contributed by atoms with Crippen molar-refractivity contribution in [3.8, 4) is 0 Å². The molecule has 0 radical (unpaired) electrons. The summed E-state index contributed by atoms with van der Waals surface area (Å²) in [6, 6.07) is 0. The molecular formula is C11H18. The van der Waals surface area contributed by atoms with E-state index in [0.29, 0.717) is 0 Å². The number of hydrogen-bond donors (Lipinski definition) is 0. The van der Waals surface area contributed by atoms with E-state index in [9.17, 15) is 0 Å². The highest BCUT2D eigenvalue weighted by atomic mass is 13.9. The Morgan fingerprint density at radius 2 is 1.73 bits per heavy atom. The summed E-state index contributed by atoms with van der Waals surface area (Å²) in [6.07, 6.45) is 9.69. The zero-order valence-corrected chi connectivity index (χ0v) is 8.02. The third-order valence-electron chi connectivity index (χ3n) is 1.77. The summed E-state index contributed by atoms with van der Waals surface area (Å²) >= 11 is 0. The molecule has 0 fully saturated rings. The van der Waals surface area contributed by atoms with Gasteiger partial charge in [0.25, 0.3) is 0 Å². The van der Waals surface area contributed by atoms with Gasteiger partial charge in [-0.15, -0.1) is 0 Å². The first-order chi connectivity index (χ1) is 5.20. The largest absolute Gasteiger partial charge is 0.0884 e. The van der Waals surface area contributed by atoms with Crippen LogP contribution in [0.3, 0.4) is 0 Å². The Hall–Kier alpha value is -0.780. The lowest BCUT2D eigenvalue weighted by Crippen LogP contribution is -1.71. The first-order valence-electron chi connectivity index (χ1n) is 4.12. The third-order valence-corrected chi connectivity index (χ3v) is 1.77. The van der Waals surface area contributed by atoms with Gasteiger partial charge >= 0.3 is 0 Å². The van der Waals surface area contributed by atoms with E-state index in [1.807, 2.05) is 0 Å². The van der Waals surface area contributed by atoms with Crippen molar-refractivity contribution in [3.05, 3.63) is 35.5 Å². The molecule has 0 bridgehead atoms. The zero-order chi connectivity index (χ0) is 8.69. The Morgan fingerprint density at radius 3 is 2.18 bits per heavy atom. The van der Waals surface area contributed by atoms with Crippen LogP contribution in [0.25, 0.3) is 0 Å². The maximum Gasteiger partial charge on any atom is -0.0138 e. The summed E-state index contributed by atoms with van der Waals surface area (Å²) in [5.74, 6) is 0. The van der Waals surface area contributed by atoms with E-state index in [2.05, 4.69) is 52.0 Å². The molecule has 0 heterocycles. The van der Waals surface area contributed by atoms with Crippen molar-refractivity contribution in [2.75, 3.05) is 0 Å². The fraction of sp³-hybridized carbons (Fsp3) is 0.455. The Morgan fingerprint density at radius 1 is 1.09 bits per heavy atom. The molecule has 0 atom stereocenters. The zero-order valence-electron chi connectivity index (χ0n) is 8.02. The predicted octanol–water partition coefficient (Wildman–Crippen LogP) is 3.87. The topological polar surface area (TPSA) is 0 Å². The van der Waals surface area contributed by atoms with Gasteiger partial charge in [0.15, 0.2) is 0 Å². The van der Waals surface area contributed by atoms with Crippen molar-refractivity contribution < 1.29 is 0 Å². The number of allylic oxidation sites excluding steroid dienone is 6. The minimum Gasteiger partial charge on any atom is -0.0884 e. The standard InChI is InChI=1S/C11H18/c1-5-10(3)8-7-9-11(4)6-2/h5-8H,9H2,1-4H3. The molecule has 0 heteroatoms. The van der Waals surface area contributed by atoms with Crippen molar-refractivity contribution >= 4 is 0 Å². The average Bonchev–Trinajstić information content (AvgIpc) is 2.04. The van der Waals surface area contributed by atoms with Crippen LogP contribution in [-0.2, 0) is 0 Å². The highest BCUT2D eigenvalue weighted by Gasteiger charge is 1.81. The van der Waals surface area contributed by atoms with Gasteiger partial charge in [-0.1, -0.05) is 35.5 Å². The predicted molar refractivity (Wildman–Crippen MR) is 52.6 cm³/mol. The van der Waals surface area contributed by atoms with Crippen LogP contribution in [0.4, 0.5) is 0 Å². The summed E-state index contributed by atoms with van der Waals surface area (Å²) in [5, 5.41) is 0. The maximum absolute atomic E-state index is 2.20. The van der Waals surface area contributed by atoms with Crippen molar-refractivity contribution in [3.63, 3.8) is 0 Å². The van der Waals surface area contributed by atoms with E-state index in [0.717, 1.165) is 6.42 Å².